The lowest BCUT2D eigenvalue weighted by Gasteiger charge is -2.25. The normalized spacial score (nSPS) is 17.1. The molecule has 1 aromatic rings. The Morgan fingerprint density at radius 1 is 1.22 bits per heavy atom. The smallest absolute Gasteiger partial charge is 0.123 e. The molecule has 3 heteroatoms. The van der Waals surface area contributed by atoms with E-state index in [0.29, 0.717) is 6.04 Å². The van der Waals surface area contributed by atoms with E-state index in [4.69, 9.17) is 4.74 Å². The highest BCUT2D eigenvalue weighted by Gasteiger charge is 2.16. The molecule has 0 aromatic heterocycles. The molecule has 1 fully saturated rings. The molecule has 1 unspecified atom stereocenters. The van der Waals surface area contributed by atoms with Crippen LogP contribution < -0.4 is 10.1 Å². The summed E-state index contributed by atoms with van der Waals surface area (Å²) < 4.78 is 5.97. The number of rotatable bonds is 10. The van der Waals surface area contributed by atoms with Crippen molar-refractivity contribution in [1.82, 2.24) is 5.32 Å². The molecule has 0 amide bonds. The minimum atomic E-state index is 0.586. The summed E-state index contributed by atoms with van der Waals surface area (Å²) in [6, 6.07) is 9.05. The number of thioether (sulfide) groups is 1. The molecule has 130 valence electrons. The molecule has 1 aromatic carbocycles. The van der Waals surface area contributed by atoms with Crippen molar-refractivity contribution in [2.75, 3.05) is 18.6 Å². The van der Waals surface area contributed by atoms with E-state index in [-0.39, 0.29) is 0 Å². The molecule has 0 radical (unpaired) electrons. The van der Waals surface area contributed by atoms with Crippen LogP contribution in [0.4, 0.5) is 0 Å². The second-order valence-electron chi connectivity index (χ2n) is 6.82. The topological polar surface area (TPSA) is 21.3 Å². The molecular formula is C20H33NOS. The number of ether oxygens (including phenoxy) is 1. The van der Waals surface area contributed by atoms with E-state index in [1.807, 2.05) is 11.8 Å². The molecule has 1 atom stereocenters. The maximum atomic E-state index is 5.97. The maximum absolute atomic E-state index is 5.97. The number of benzene rings is 1. The molecule has 23 heavy (non-hydrogen) atoms. The first-order valence-electron chi connectivity index (χ1n) is 9.22. The Labute approximate surface area is 146 Å². The second-order valence-corrected chi connectivity index (χ2v) is 7.81. The predicted octanol–water partition coefficient (Wildman–Crippen LogP) is 5.27. The van der Waals surface area contributed by atoms with E-state index < -0.39 is 0 Å². The van der Waals surface area contributed by atoms with Crippen LogP contribution in [0.1, 0.15) is 57.4 Å². The Bertz CT molecular complexity index is 431. The van der Waals surface area contributed by atoms with E-state index in [1.54, 1.807) is 0 Å². The lowest BCUT2D eigenvalue weighted by molar-refractivity contribution is 0.299. The number of nitrogens with one attached hydrogen (secondary N) is 1. The van der Waals surface area contributed by atoms with Crippen LogP contribution in [0.25, 0.3) is 0 Å². The van der Waals surface area contributed by atoms with Gasteiger partial charge >= 0.3 is 0 Å². The number of para-hydroxylation sites is 1. The van der Waals surface area contributed by atoms with Crippen molar-refractivity contribution >= 4 is 11.8 Å². The summed E-state index contributed by atoms with van der Waals surface area (Å²) in [6.45, 7) is 4.05. The van der Waals surface area contributed by atoms with Gasteiger partial charge in [-0.15, -0.1) is 0 Å². The third-order valence-electron chi connectivity index (χ3n) is 4.78. The van der Waals surface area contributed by atoms with Crippen LogP contribution in [0.3, 0.4) is 0 Å². The fourth-order valence-corrected chi connectivity index (χ4v) is 3.87. The molecule has 2 rings (SSSR count). The summed E-state index contributed by atoms with van der Waals surface area (Å²) in [5.41, 5.74) is 1.28. The first-order chi connectivity index (χ1) is 11.3. The zero-order valence-electron chi connectivity index (χ0n) is 14.9. The van der Waals surface area contributed by atoms with Crippen molar-refractivity contribution in [2.45, 2.75) is 64.5 Å². The predicted molar refractivity (Wildman–Crippen MR) is 102 cm³/mol. The Morgan fingerprint density at radius 2 is 2.00 bits per heavy atom. The highest BCUT2D eigenvalue weighted by atomic mass is 32.2. The third kappa shape index (κ3) is 7.17. The van der Waals surface area contributed by atoms with Crippen molar-refractivity contribution < 1.29 is 4.74 Å². The molecule has 0 saturated heterocycles. The molecule has 0 heterocycles. The minimum absolute atomic E-state index is 0.586. The van der Waals surface area contributed by atoms with Crippen LogP contribution in [-0.2, 0) is 6.54 Å². The van der Waals surface area contributed by atoms with Gasteiger partial charge in [-0.05, 0) is 43.8 Å². The Balaban J connectivity index is 1.75. The second kappa shape index (κ2) is 11.0. The SMILES string of the molecule is CSCCCOc1ccccc1CNC(C)CC1CCCCC1. The van der Waals surface area contributed by atoms with Gasteiger partial charge in [0.25, 0.3) is 0 Å². The fraction of sp³-hybridized carbons (Fsp3) is 0.700. The van der Waals surface area contributed by atoms with Gasteiger partial charge in [-0.2, -0.15) is 11.8 Å². The van der Waals surface area contributed by atoms with Gasteiger partial charge in [0, 0.05) is 18.2 Å². The van der Waals surface area contributed by atoms with E-state index in [9.17, 15) is 0 Å². The van der Waals surface area contributed by atoms with Crippen LogP contribution in [0.2, 0.25) is 0 Å². The van der Waals surface area contributed by atoms with Crippen LogP contribution >= 0.6 is 11.8 Å². The van der Waals surface area contributed by atoms with Crippen molar-refractivity contribution in [3.8, 4) is 5.75 Å². The number of hydrogen-bond acceptors (Lipinski definition) is 3. The van der Waals surface area contributed by atoms with Crippen molar-refractivity contribution in [3.63, 3.8) is 0 Å². The first kappa shape index (κ1) is 18.7. The van der Waals surface area contributed by atoms with Gasteiger partial charge < -0.3 is 10.1 Å². The average molecular weight is 336 g/mol. The van der Waals surface area contributed by atoms with E-state index in [2.05, 4.69) is 42.8 Å². The standard InChI is InChI=1S/C20H33NOS/c1-17(15-18-9-4-3-5-10-18)21-16-19-11-6-7-12-20(19)22-13-8-14-23-2/h6-7,11-12,17-18,21H,3-5,8-10,13-16H2,1-2H3. The van der Waals surface area contributed by atoms with Crippen molar-refractivity contribution in [1.29, 1.82) is 0 Å². The minimum Gasteiger partial charge on any atom is -0.493 e. The van der Waals surface area contributed by atoms with Crippen LogP contribution in [0.5, 0.6) is 5.75 Å². The lowest BCUT2D eigenvalue weighted by Crippen LogP contribution is -2.28. The average Bonchev–Trinajstić information content (AvgIpc) is 2.59. The fourth-order valence-electron chi connectivity index (χ4n) is 3.47. The van der Waals surface area contributed by atoms with Gasteiger partial charge in [-0.25, -0.2) is 0 Å². The summed E-state index contributed by atoms with van der Waals surface area (Å²) in [5.74, 6) is 3.15. The summed E-state index contributed by atoms with van der Waals surface area (Å²) in [7, 11) is 0. The highest BCUT2D eigenvalue weighted by Crippen LogP contribution is 2.27. The summed E-state index contributed by atoms with van der Waals surface area (Å²) in [6.07, 6.45) is 11.7. The monoisotopic (exact) mass is 335 g/mol. The van der Waals surface area contributed by atoms with Crippen LogP contribution in [0, 0.1) is 5.92 Å². The van der Waals surface area contributed by atoms with Crippen LogP contribution in [0.15, 0.2) is 24.3 Å². The van der Waals surface area contributed by atoms with E-state index in [1.165, 1.54) is 49.8 Å². The molecule has 1 aliphatic carbocycles. The molecule has 1 N–H and O–H groups in total. The molecule has 0 bridgehead atoms. The van der Waals surface area contributed by atoms with Gasteiger partial charge in [0.05, 0.1) is 6.61 Å². The first-order valence-corrected chi connectivity index (χ1v) is 10.6. The van der Waals surface area contributed by atoms with E-state index >= 15 is 0 Å². The van der Waals surface area contributed by atoms with Gasteiger partial charge in [-0.3, -0.25) is 0 Å². The largest absolute Gasteiger partial charge is 0.493 e. The maximum Gasteiger partial charge on any atom is 0.123 e. The molecule has 2 nitrogen and oxygen atoms in total. The van der Waals surface area contributed by atoms with E-state index in [0.717, 1.165) is 31.2 Å². The number of hydrogen-bond donors (Lipinski definition) is 1. The molecular weight excluding hydrogens is 302 g/mol. The van der Waals surface area contributed by atoms with Gasteiger partial charge in [0.1, 0.15) is 5.75 Å². The lowest BCUT2D eigenvalue weighted by atomic mass is 9.85. The third-order valence-corrected chi connectivity index (χ3v) is 5.47. The quantitative estimate of drug-likeness (QED) is 0.589. The Kier molecular flexibility index (Phi) is 8.91. The Hall–Kier alpha value is -0.670. The summed E-state index contributed by atoms with van der Waals surface area (Å²) in [5, 5.41) is 3.70. The summed E-state index contributed by atoms with van der Waals surface area (Å²) >= 11 is 1.88. The van der Waals surface area contributed by atoms with Gasteiger partial charge in [0.2, 0.25) is 0 Å². The van der Waals surface area contributed by atoms with Crippen LogP contribution in [-0.4, -0.2) is 24.7 Å². The molecule has 1 aliphatic rings. The van der Waals surface area contributed by atoms with Gasteiger partial charge in [-0.1, -0.05) is 50.3 Å². The molecule has 1 saturated carbocycles. The van der Waals surface area contributed by atoms with Crippen molar-refractivity contribution in [3.05, 3.63) is 29.8 Å². The zero-order valence-corrected chi connectivity index (χ0v) is 15.7. The zero-order chi connectivity index (χ0) is 16.3. The molecule has 0 aliphatic heterocycles. The van der Waals surface area contributed by atoms with Gasteiger partial charge in [0.15, 0.2) is 0 Å². The molecule has 0 spiro atoms. The Morgan fingerprint density at radius 3 is 2.78 bits per heavy atom. The summed E-state index contributed by atoms with van der Waals surface area (Å²) in [4.78, 5) is 0. The highest BCUT2D eigenvalue weighted by molar-refractivity contribution is 7.98. The van der Waals surface area contributed by atoms with Crippen molar-refractivity contribution in [2.24, 2.45) is 5.92 Å².